The summed E-state index contributed by atoms with van der Waals surface area (Å²) in [6.45, 7) is 0. The number of hydrogen-bond acceptors (Lipinski definition) is 5. The Bertz CT molecular complexity index is 1030. The average molecular weight is 525 g/mol. The summed E-state index contributed by atoms with van der Waals surface area (Å²) >= 11 is 6.50. The number of nitrogens with zero attached hydrogens (tertiary/aromatic N) is 1. The van der Waals surface area contributed by atoms with E-state index in [1.54, 1.807) is 42.5 Å². The first-order valence-corrected chi connectivity index (χ1v) is 12.4. The van der Waals surface area contributed by atoms with E-state index < -0.39 is 43.5 Å². The van der Waals surface area contributed by atoms with Crippen molar-refractivity contribution in [1.82, 2.24) is 0 Å². The van der Waals surface area contributed by atoms with Gasteiger partial charge in [0.25, 0.3) is 10.0 Å². The van der Waals surface area contributed by atoms with E-state index in [2.05, 4.69) is 31.9 Å². The highest BCUT2D eigenvalue weighted by Crippen LogP contribution is 2.34. The molecule has 1 heterocycles. The maximum absolute atomic E-state index is 13.4. The minimum Gasteiger partial charge on any atom is -0.390 e. The van der Waals surface area contributed by atoms with Crippen LogP contribution in [0, 0.1) is 0 Å². The van der Waals surface area contributed by atoms with Crippen molar-refractivity contribution in [2.45, 2.75) is 17.0 Å². The number of rotatable bonds is 4. The predicted octanol–water partition coefficient (Wildman–Crippen LogP) is 2.56. The molecular formula is C16H15Br2NO5S2. The molecule has 0 amide bonds. The van der Waals surface area contributed by atoms with E-state index in [0.717, 1.165) is 4.31 Å². The molecule has 1 N–H and O–H groups in total. The first-order chi connectivity index (χ1) is 12.1. The van der Waals surface area contributed by atoms with E-state index in [0.29, 0.717) is 14.6 Å². The molecule has 140 valence electrons. The third-order valence-electron chi connectivity index (χ3n) is 4.04. The van der Waals surface area contributed by atoms with Crippen molar-refractivity contribution >= 4 is 57.4 Å². The van der Waals surface area contributed by atoms with Gasteiger partial charge in [0.2, 0.25) is 0 Å². The van der Waals surface area contributed by atoms with Crippen LogP contribution < -0.4 is 4.31 Å². The summed E-state index contributed by atoms with van der Waals surface area (Å²) in [6.07, 6.45) is -1.30. The van der Waals surface area contributed by atoms with E-state index in [1.165, 1.54) is 6.07 Å². The van der Waals surface area contributed by atoms with Crippen LogP contribution in [0.15, 0.2) is 62.4 Å². The first-order valence-electron chi connectivity index (χ1n) is 7.55. The second-order valence-corrected chi connectivity index (χ2v) is 11.6. The molecule has 0 saturated carbocycles. The Morgan fingerprint density at radius 1 is 1.04 bits per heavy atom. The van der Waals surface area contributed by atoms with Gasteiger partial charge in [0.05, 0.1) is 29.3 Å². The Balaban J connectivity index is 2.20. The van der Waals surface area contributed by atoms with E-state index in [4.69, 9.17) is 0 Å². The van der Waals surface area contributed by atoms with Crippen molar-refractivity contribution in [1.29, 1.82) is 0 Å². The van der Waals surface area contributed by atoms with Crippen molar-refractivity contribution in [2.75, 3.05) is 15.8 Å². The number of anilines is 1. The summed E-state index contributed by atoms with van der Waals surface area (Å²) in [5.41, 5.74) is 0.292. The largest absolute Gasteiger partial charge is 0.390 e. The maximum Gasteiger partial charge on any atom is 0.265 e. The molecule has 0 aromatic heterocycles. The third kappa shape index (κ3) is 3.84. The molecule has 3 rings (SSSR count). The molecule has 2 aromatic carbocycles. The van der Waals surface area contributed by atoms with Crippen LogP contribution in [0.5, 0.6) is 0 Å². The van der Waals surface area contributed by atoms with Crippen LogP contribution in [0.25, 0.3) is 0 Å². The van der Waals surface area contributed by atoms with Gasteiger partial charge in [-0.25, -0.2) is 16.8 Å². The first kappa shape index (κ1) is 19.8. The third-order valence-corrected chi connectivity index (χ3v) is 9.07. The smallest absolute Gasteiger partial charge is 0.265 e. The second-order valence-electron chi connectivity index (χ2n) is 5.92. The Labute approximate surface area is 169 Å². The lowest BCUT2D eigenvalue weighted by Gasteiger charge is -2.31. The maximum atomic E-state index is 13.4. The number of halogens is 2. The highest BCUT2D eigenvalue weighted by Gasteiger charge is 2.45. The lowest BCUT2D eigenvalue weighted by atomic mass is 10.2. The number of para-hydroxylation sites is 1. The predicted molar refractivity (Wildman–Crippen MR) is 106 cm³/mol. The Hall–Kier alpha value is -0.940. The van der Waals surface area contributed by atoms with Gasteiger partial charge in [-0.15, -0.1) is 0 Å². The topological polar surface area (TPSA) is 91.8 Å². The molecule has 0 aliphatic carbocycles. The average Bonchev–Trinajstić information content (AvgIpc) is 2.83. The molecule has 1 aliphatic heterocycles. The SMILES string of the molecule is O=S1(=O)C[C@@H](O)[C@@H](N(c2ccccc2)S(=O)(=O)c2cc(Br)ccc2Br)C1. The zero-order valence-corrected chi connectivity index (χ0v) is 18.1. The molecule has 10 heteroatoms. The lowest BCUT2D eigenvalue weighted by molar-refractivity contribution is 0.184. The molecule has 0 bridgehead atoms. The summed E-state index contributed by atoms with van der Waals surface area (Å²) in [7, 11) is -7.68. The molecule has 2 atom stereocenters. The summed E-state index contributed by atoms with van der Waals surface area (Å²) in [5.74, 6) is -0.899. The van der Waals surface area contributed by atoms with E-state index in [9.17, 15) is 21.9 Å². The minimum atomic E-state index is -4.14. The van der Waals surface area contributed by atoms with E-state index >= 15 is 0 Å². The van der Waals surface area contributed by atoms with Gasteiger partial charge in [-0.3, -0.25) is 4.31 Å². The highest BCUT2D eigenvalue weighted by molar-refractivity contribution is 9.11. The molecular weight excluding hydrogens is 510 g/mol. The monoisotopic (exact) mass is 523 g/mol. The van der Waals surface area contributed by atoms with Gasteiger partial charge in [-0.1, -0.05) is 34.1 Å². The molecule has 0 spiro atoms. The van der Waals surface area contributed by atoms with Crippen LogP contribution in [-0.4, -0.2) is 45.6 Å². The highest BCUT2D eigenvalue weighted by atomic mass is 79.9. The molecule has 2 aromatic rings. The Morgan fingerprint density at radius 3 is 2.27 bits per heavy atom. The van der Waals surface area contributed by atoms with Crippen molar-refractivity contribution in [3.8, 4) is 0 Å². The number of benzene rings is 2. The number of sulfone groups is 1. The van der Waals surface area contributed by atoms with Crippen molar-refractivity contribution in [3.05, 3.63) is 57.5 Å². The van der Waals surface area contributed by atoms with Crippen LogP contribution >= 0.6 is 31.9 Å². The molecule has 0 unspecified atom stereocenters. The van der Waals surface area contributed by atoms with Crippen molar-refractivity contribution in [3.63, 3.8) is 0 Å². The van der Waals surface area contributed by atoms with Gasteiger partial charge < -0.3 is 5.11 Å². The van der Waals surface area contributed by atoms with Crippen molar-refractivity contribution in [2.24, 2.45) is 0 Å². The van der Waals surface area contributed by atoms with Gasteiger partial charge >= 0.3 is 0 Å². The van der Waals surface area contributed by atoms with Crippen LogP contribution in [0.3, 0.4) is 0 Å². The van der Waals surface area contributed by atoms with Gasteiger partial charge in [-0.2, -0.15) is 0 Å². The van der Waals surface area contributed by atoms with Crippen LogP contribution in [0.4, 0.5) is 5.69 Å². The Kier molecular flexibility index (Phi) is 5.51. The zero-order valence-electron chi connectivity index (χ0n) is 13.3. The normalized spacial score (nSPS) is 22.3. The fourth-order valence-corrected chi connectivity index (χ4v) is 7.91. The van der Waals surface area contributed by atoms with Gasteiger partial charge in [-0.05, 0) is 46.3 Å². The summed E-state index contributed by atoms with van der Waals surface area (Å²) in [5, 5.41) is 10.3. The molecule has 1 aliphatic rings. The molecule has 6 nitrogen and oxygen atoms in total. The quantitative estimate of drug-likeness (QED) is 0.663. The summed E-state index contributed by atoms with van der Waals surface area (Å²) in [6, 6.07) is 11.8. The molecule has 0 radical (unpaired) electrons. The van der Waals surface area contributed by atoms with Gasteiger partial charge in [0, 0.05) is 8.95 Å². The second kappa shape index (κ2) is 7.23. The van der Waals surface area contributed by atoms with Crippen LogP contribution in [-0.2, 0) is 19.9 Å². The number of aliphatic hydroxyl groups is 1. The number of hydrogen-bond donors (Lipinski definition) is 1. The summed E-state index contributed by atoms with van der Waals surface area (Å²) in [4.78, 5) is -0.0211. The standard InChI is InChI=1S/C16H15Br2NO5S2/c17-11-6-7-13(18)16(8-11)26(23,24)19(12-4-2-1-3-5-12)14-9-25(21,22)10-15(14)20/h1-8,14-15,20H,9-10H2/t14-,15+/m0/s1. The molecule has 1 saturated heterocycles. The fourth-order valence-electron chi connectivity index (χ4n) is 2.90. The summed E-state index contributed by atoms with van der Waals surface area (Å²) < 4.78 is 52.7. The number of aliphatic hydroxyl groups excluding tert-OH is 1. The fraction of sp³-hybridized carbons (Fsp3) is 0.250. The Morgan fingerprint density at radius 2 is 1.69 bits per heavy atom. The van der Waals surface area contributed by atoms with Crippen molar-refractivity contribution < 1.29 is 21.9 Å². The van der Waals surface area contributed by atoms with Gasteiger partial charge in [0.1, 0.15) is 4.90 Å². The van der Waals surface area contributed by atoms with E-state index in [-0.39, 0.29) is 4.90 Å². The zero-order chi connectivity index (χ0) is 19.1. The van der Waals surface area contributed by atoms with Crippen LogP contribution in [0.2, 0.25) is 0 Å². The van der Waals surface area contributed by atoms with Gasteiger partial charge in [0.15, 0.2) is 9.84 Å². The van der Waals surface area contributed by atoms with Crippen LogP contribution in [0.1, 0.15) is 0 Å². The number of sulfonamides is 1. The lowest BCUT2D eigenvalue weighted by Crippen LogP contribution is -2.47. The molecule has 26 heavy (non-hydrogen) atoms. The molecule has 1 fully saturated rings. The van der Waals surface area contributed by atoms with E-state index in [1.807, 2.05) is 0 Å². The minimum absolute atomic E-state index is 0.0211.